The van der Waals surface area contributed by atoms with Gasteiger partial charge >= 0.3 is 0 Å². The highest BCUT2D eigenvalue weighted by molar-refractivity contribution is 6.06. The molecular weight excluding hydrogens is 464 g/mol. The van der Waals surface area contributed by atoms with Crippen LogP contribution < -0.4 is 15.4 Å². The van der Waals surface area contributed by atoms with E-state index in [2.05, 4.69) is 22.1 Å². The topological polar surface area (TPSA) is 108 Å². The predicted octanol–water partition coefficient (Wildman–Crippen LogP) is 4.35. The largest absolute Gasteiger partial charge is 0.480 e. The Bertz CT molecular complexity index is 1260. The lowest BCUT2D eigenvalue weighted by Gasteiger charge is -2.45. The molecule has 1 fully saturated rings. The Balaban J connectivity index is 1.73. The fourth-order valence-electron chi connectivity index (χ4n) is 5.24. The number of methoxy groups -OCH3 is 1. The molecule has 1 saturated carbocycles. The number of hydrogen-bond acceptors (Lipinski definition) is 5. The van der Waals surface area contributed by atoms with E-state index in [1.165, 1.54) is 5.56 Å². The Morgan fingerprint density at radius 3 is 2.38 bits per heavy atom. The molecule has 3 aromatic rings. The first-order valence-corrected chi connectivity index (χ1v) is 12.4. The summed E-state index contributed by atoms with van der Waals surface area (Å²) in [7, 11) is 3.44. The van der Waals surface area contributed by atoms with E-state index in [4.69, 9.17) is 15.7 Å². The summed E-state index contributed by atoms with van der Waals surface area (Å²) in [6.45, 7) is 0.463. The lowest BCUT2D eigenvalue weighted by Crippen LogP contribution is -2.50. The summed E-state index contributed by atoms with van der Waals surface area (Å²) in [6.07, 6.45) is 6.76. The molecule has 0 spiro atoms. The first-order valence-electron chi connectivity index (χ1n) is 12.4. The van der Waals surface area contributed by atoms with E-state index in [1.54, 1.807) is 19.5 Å². The van der Waals surface area contributed by atoms with E-state index in [0.717, 1.165) is 25.7 Å². The molecule has 2 N–H and O–H groups in total. The molecule has 0 unspecified atom stereocenters. The monoisotopic (exact) mass is 496 g/mol. The lowest BCUT2D eigenvalue weighted by molar-refractivity contribution is 0.0971. The molecule has 1 aliphatic rings. The van der Waals surface area contributed by atoms with Crippen LogP contribution in [0.25, 0.3) is 0 Å². The second-order valence-electron chi connectivity index (χ2n) is 9.35. The molecule has 2 aromatic carbocycles. The van der Waals surface area contributed by atoms with E-state index in [-0.39, 0.29) is 23.3 Å². The van der Waals surface area contributed by atoms with Gasteiger partial charge in [-0.15, -0.1) is 4.99 Å². The Morgan fingerprint density at radius 2 is 1.76 bits per heavy atom. The summed E-state index contributed by atoms with van der Waals surface area (Å²) in [5.74, 6) is 0.524. The van der Waals surface area contributed by atoms with Crippen LogP contribution in [0, 0.1) is 11.5 Å². The maximum absolute atomic E-state index is 14.0. The molecular formula is C29H32N6O2. The minimum atomic E-state index is -0.301. The van der Waals surface area contributed by atoms with Gasteiger partial charge in [0.1, 0.15) is 5.69 Å². The number of ether oxygens (including phenoxy) is 1. The molecule has 37 heavy (non-hydrogen) atoms. The number of aliphatic imine (C=N–C) groups is 1. The highest BCUT2D eigenvalue weighted by Gasteiger charge is 2.41. The van der Waals surface area contributed by atoms with Gasteiger partial charge in [0.2, 0.25) is 18.0 Å². The molecule has 8 nitrogen and oxygen atoms in total. The maximum atomic E-state index is 14.0. The summed E-state index contributed by atoms with van der Waals surface area (Å²) in [4.78, 5) is 25.7. The number of carbonyl (C=O) groups excluding carboxylic acids is 1. The van der Waals surface area contributed by atoms with Crippen molar-refractivity contribution in [2.45, 2.75) is 37.1 Å². The number of pyridine rings is 1. The molecule has 0 saturated heterocycles. The van der Waals surface area contributed by atoms with E-state index < -0.39 is 0 Å². The fourth-order valence-corrected chi connectivity index (χ4v) is 5.24. The third-order valence-corrected chi connectivity index (χ3v) is 7.33. The van der Waals surface area contributed by atoms with Crippen LogP contribution in [0.3, 0.4) is 0 Å². The number of nitrogens with two attached hydrogens (primary N) is 1. The van der Waals surface area contributed by atoms with Crippen LogP contribution in [0.1, 0.15) is 41.6 Å². The zero-order chi connectivity index (χ0) is 26.3. The van der Waals surface area contributed by atoms with Gasteiger partial charge in [0.05, 0.1) is 7.11 Å². The van der Waals surface area contributed by atoms with Gasteiger partial charge in [-0.3, -0.25) is 4.79 Å². The van der Waals surface area contributed by atoms with E-state index in [0.29, 0.717) is 23.7 Å². The van der Waals surface area contributed by atoms with E-state index in [9.17, 15) is 4.79 Å². The SMILES string of the molecule is COc1ncccc1N(C[C@]1(c2ccccc2)CC[C@H](N(C)C(N)=NC#N)CC1)C(=O)c1ccccc1. The molecule has 0 radical (unpaired) electrons. The second kappa shape index (κ2) is 11.6. The van der Waals surface area contributed by atoms with Crippen LogP contribution in [0.5, 0.6) is 5.88 Å². The van der Waals surface area contributed by atoms with Crippen LogP contribution in [-0.4, -0.2) is 48.5 Å². The molecule has 8 heteroatoms. The van der Waals surface area contributed by atoms with Gasteiger partial charge in [-0.2, -0.15) is 5.26 Å². The smallest absolute Gasteiger partial charge is 0.258 e. The summed E-state index contributed by atoms with van der Waals surface area (Å²) in [5.41, 5.74) is 8.13. The molecule has 4 rings (SSSR count). The van der Waals surface area contributed by atoms with Crippen molar-refractivity contribution in [1.29, 1.82) is 5.26 Å². The predicted molar refractivity (Wildman–Crippen MR) is 144 cm³/mol. The highest BCUT2D eigenvalue weighted by atomic mass is 16.5. The number of nitriles is 1. The van der Waals surface area contributed by atoms with E-state index in [1.807, 2.05) is 77.5 Å². The third kappa shape index (κ3) is 5.56. The summed E-state index contributed by atoms with van der Waals surface area (Å²) in [6, 6.07) is 23.5. The fraction of sp³-hybridized carbons (Fsp3) is 0.310. The summed E-state index contributed by atoms with van der Waals surface area (Å²) < 4.78 is 5.57. The zero-order valence-corrected chi connectivity index (χ0v) is 21.2. The van der Waals surface area contributed by atoms with Crippen LogP contribution >= 0.6 is 0 Å². The molecule has 1 aromatic heterocycles. The number of nitrogens with zero attached hydrogens (tertiary/aromatic N) is 5. The van der Waals surface area contributed by atoms with Crippen molar-refractivity contribution in [3.63, 3.8) is 0 Å². The summed E-state index contributed by atoms with van der Waals surface area (Å²) >= 11 is 0. The van der Waals surface area contributed by atoms with Crippen LogP contribution in [0.15, 0.2) is 84.0 Å². The van der Waals surface area contributed by atoms with Gasteiger partial charge in [-0.05, 0) is 55.5 Å². The highest BCUT2D eigenvalue weighted by Crippen LogP contribution is 2.43. The number of benzene rings is 2. The molecule has 1 amide bonds. The van der Waals surface area contributed by atoms with Gasteiger partial charge in [-0.25, -0.2) is 4.98 Å². The lowest BCUT2D eigenvalue weighted by atomic mass is 9.67. The minimum absolute atomic E-state index is 0.105. The van der Waals surface area contributed by atoms with E-state index >= 15 is 0 Å². The molecule has 1 heterocycles. The average molecular weight is 497 g/mol. The number of carbonyl (C=O) groups is 1. The average Bonchev–Trinajstić information content (AvgIpc) is 2.96. The molecule has 0 aliphatic heterocycles. The van der Waals surface area contributed by atoms with Crippen molar-refractivity contribution in [3.8, 4) is 12.1 Å². The molecule has 1 aliphatic carbocycles. The number of rotatable bonds is 7. The van der Waals surface area contributed by atoms with Crippen molar-refractivity contribution in [1.82, 2.24) is 9.88 Å². The normalized spacial score (nSPS) is 19.5. The van der Waals surface area contributed by atoms with Gasteiger partial charge in [0.15, 0.2) is 0 Å². The quantitative estimate of drug-likeness (QED) is 0.296. The minimum Gasteiger partial charge on any atom is -0.480 e. The standard InChI is InChI=1S/C29H32N6O2/c1-34(28(31)33-21-30)24-15-17-29(18-16-24,23-12-7-4-8-13-23)20-35(25-14-9-19-32-26(25)37-2)27(36)22-10-5-3-6-11-22/h3-14,19,24H,15-18,20H2,1-2H3,(H2,31,33)/t24-,29-. The molecule has 190 valence electrons. The van der Waals surface area contributed by atoms with Crippen molar-refractivity contribution in [3.05, 3.63) is 90.1 Å². The van der Waals surface area contributed by atoms with Crippen LogP contribution in [0.4, 0.5) is 5.69 Å². The molecule has 0 atom stereocenters. The first-order chi connectivity index (χ1) is 18.0. The number of anilines is 1. The Morgan fingerprint density at radius 1 is 1.11 bits per heavy atom. The Labute approximate surface area is 218 Å². The number of aromatic nitrogens is 1. The van der Waals surface area contributed by atoms with Gasteiger partial charge < -0.3 is 20.3 Å². The maximum Gasteiger partial charge on any atom is 0.258 e. The second-order valence-corrected chi connectivity index (χ2v) is 9.35. The van der Waals surface area contributed by atoms with Crippen LogP contribution in [0.2, 0.25) is 0 Å². The van der Waals surface area contributed by atoms with Crippen LogP contribution in [-0.2, 0) is 5.41 Å². The summed E-state index contributed by atoms with van der Waals surface area (Å²) in [5, 5.41) is 8.91. The number of hydrogen-bond donors (Lipinski definition) is 1. The third-order valence-electron chi connectivity index (χ3n) is 7.33. The number of guanidine groups is 1. The first kappa shape index (κ1) is 25.7. The van der Waals surface area contributed by atoms with Gasteiger partial charge in [-0.1, -0.05) is 48.5 Å². The van der Waals surface area contributed by atoms with Gasteiger partial charge in [0, 0.05) is 36.8 Å². The van der Waals surface area contributed by atoms with Crippen molar-refractivity contribution >= 4 is 17.6 Å². The zero-order valence-electron chi connectivity index (χ0n) is 21.2. The van der Waals surface area contributed by atoms with Crippen molar-refractivity contribution in [2.24, 2.45) is 10.7 Å². The van der Waals surface area contributed by atoms with Crippen molar-refractivity contribution < 1.29 is 9.53 Å². The van der Waals surface area contributed by atoms with Crippen molar-refractivity contribution in [2.75, 3.05) is 25.6 Å². The number of amides is 1. The van der Waals surface area contributed by atoms with Gasteiger partial charge in [0.25, 0.3) is 5.91 Å². The molecule has 0 bridgehead atoms. The Kier molecular flexibility index (Phi) is 8.04. The Hall–Kier alpha value is -4.38.